The maximum atomic E-state index is 12.0. The number of aliphatic hydroxyl groups is 2. The number of hydrogen-bond donors (Lipinski definition) is 3. The second kappa shape index (κ2) is 8.97. The van der Waals surface area contributed by atoms with E-state index in [0.29, 0.717) is 18.4 Å². The summed E-state index contributed by atoms with van der Waals surface area (Å²) in [5.74, 6) is -0.853. The molecule has 4 atom stereocenters. The first-order chi connectivity index (χ1) is 14.7. The van der Waals surface area contributed by atoms with E-state index in [4.69, 9.17) is 9.47 Å². The molecule has 1 aliphatic heterocycles. The molecule has 3 N–H and O–H groups in total. The van der Waals surface area contributed by atoms with Gasteiger partial charge in [0.15, 0.2) is 5.82 Å². The van der Waals surface area contributed by atoms with Crippen LogP contribution in [0.1, 0.15) is 39.3 Å². The van der Waals surface area contributed by atoms with Crippen molar-refractivity contribution in [2.75, 3.05) is 11.9 Å². The Labute approximate surface area is 178 Å². The van der Waals surface area contributed by atoms with Gasteiger partial charge in [0.05, 0.1) is 11.6 Å². The summed E-state index contributed by atoms with van der Waals surface area (Å²) in [7, 11) is 0. The quantitative estimate of drug-likeness (QED) is 0.531. The van der Waals surface area contributed by atoms with Crippen LogP contribution < -0.4 is 5.32 Å². The number of carbonyl (C=O) groups is 2. The number of aromatic nitrogens is 3. The fourth-order valence-corrected chi connectivity index (χ4v) is 3.38. The SMILES string of the molecule is CCCC(=O)Nc1ncnn2c([C@]3(C#N)O[C@H](COC(=O)C(C)C)[C@@H](O)[C@H]3O)ccc12. The van der Waals surface area contributed by atoms with Crippen LogP contribution in [0.3, 0.4) is 0 Å². The summed E-state index contributed by atoms with van der Waals surface area (Å²) < 4.78 is 12.2. The second-order valence-corrected chi connectivity index (χ2v) is 7.65. The van der Waals surface area contributed by atoms with Gasteiger partial charge >= 0.3 is 5.97 Å². The molecule has 3 heterocycles. The van der Waals surface area contributed by atoms with E-state index in [-0.39, 0.29) is 29.9 Å². The fourth-order valence-electron chi connectivity index (χ4n) is 3.38. The standard InChI is InChI=1S/C20H25N5O6/c1-4-5-15(26)24-18-12-6-7-14(25(12)23-10-22-18)20(9-21)17(28)16(27)13(31-20)8-30-19(29)11(2)3/h6-7,10-11,13,16-17,27-28H,4-5,8H2,1-3H3,(H,22,23,24,26)/t13-,16-,17-,20+/m1/s1. The van der Waals surface area contributed by atoms with Crippen LogP contribution in [0.2, 0.25) is 0 Å². The number of carbonyl (C=O) groups excluding carboxylic acids is 2. The molecule has 0 aliphatic carbocycles. The first-order valence-electron chi connectivity index (χ1n) is 10.00. The van der Waals surface area contributed by atoms with Gasteiger partial charge in [-0.15, -0.1) is 0 Å². The molecule has 2 aromatic heterocycles. The van der Waals surface area contributed by atoms with E-state index in [9.17, 15) is 25.1 Å². The molecule has 0 radical (unpaired) electrons. The second-order valence-electron chi connectivity index (χ2n) is 7.65. The highest BCUT2D eigenvalue weighted by molar-refractivity contribution is 5.93. The van der Waals surface area contributed by atoms with Gasteiger partial charge < -0.3 is 25.0 Å². The molecule has 0 saturated carbocycles. The van der Waals surface area contributed by atoms with E-state index in [1.165, 1.54) is 16.9 Å². The average molecular weight is 431 g/mol. The minimum absolute atomic E-state index is 0.141. The maximum Gasteiger partial charge on any atom is 0.308 e. The zero-order chi connectivity index (χ0) is 22.8. The number of amides is 1. The number of nitriles is 1. The Bertz CT molecular complexity index is 1020. The fraction of sp³-hybridized carbons (Fsp3) is 0.550. The summed E-state index contributed by atoms with van der Waals surface area (Å²) in [6, 6.07) is 5.01. The molecule has 31 heavy (non-hydrogen) atoms. The molecule has 0 unspecified atom stereocenters. The van der Waals surface area contributed by atoms with E-state index < -0.39 is 29.9 Å². The van der Waals surface area contributed by atoms with Crippen molar-refractivity contribution >= 4 is 23.2 Å². The monoisotopic (exact) mass is 431 g/mol. The maximum absolute atomic E-state index is 12.0. The van der Waals surface area contributed by atoms with Crippen molar-refractivity contribution in [1.29, 1.82) is 5.26 Å². The number of aliphatic hydroxyl groups excluding tert-OH is 2. The summed E-state index contributed by atoms with van der Waals surface area (Å²) >= 11 is 0. The van der Waals surface area contributed by atoms with Crippen LogP contribution in [-0.4, -0.2) is 61.6 Å². The van der Waals surface area contributed by atoms with Crippen LogP contribution in [0, 0.1) is 17.2 Å². The van der Waals surface area contributed by atoms with Gasteiger partial charge in [0.25, 0.3) is 0 Å². The first-order valence-corrected chi connectivity index (χ1v) is 10.00. The average Bonchev–Trinajstić information content (AvgIpc) is 3.28. The van der Waals surface area contributed by atoms with Gasteiger partial charge in [-0.1, -0.05) is 20.8 Å². The number of nitrogens with one attached hydrogen (secondary N) is 1. The van der Waals surface area contributed by atoms with Crippen molar-refractivity contribution in [3.8, 4) is 6.07 Å². The van der Waals surface area contributed by atoms with Crippen molar-refractivity contribution in [3.63, 3.8) is 0 Å². The number of rotatable bonds is 7. The minimum Gasteiger partial charge on any atom is -0.463 e. The normalized spacial score (nSPS) is 25.5. The van der Waals surface area contributed by atoms with Crippen LogP contribution in [0.5, 0.6) is 0 Å². The Morgan fingerprint density at radius 2 is 2.16 bits per heavy atom. The topological polar surface area (TPSA) is 159 Å². The molecule has 1 amide bonds. The number of ether oxygens (including phenoxy) is 2. The summed E-state index contributed by atoms with van der Waals surface area (Å²) in [5, 5.41) is 37.9. The highest BCUT2D eigenvalue weighted by atomic mass is 16.6. The Morgan fingerprint density at radius 3 is 2.81 bits per heavy atom. The van der Waals surface area contributed by atoms with E-state index in [2.05, 4.69) is 15.4 Å². The summed E-state index contributed by atoms with van der Waals surface area (Å²) in [4.78, 5) is 27.8. The molecule has 0 bridgehead atoms. The third kappa shape index (κ3) is 4.10. The van der Waals surface area contributed by atoms with Crippen LogP contribution in [0.15, 0.2) is 18.5 Å². The minimum atomic E-state index is -1.97. The van der Waals surface area contributed by atoms with E-state index in [1.54, 1.807) is 19.9 Å². The molecule has 1 aliphatic rings. The molecular formula is C20H25N5O6. The van der Waals surface area contributed by atoms with Gasteiger partial charge in [-0.25, -0.2) is 9.50 Å². The largest absolute Gasteiger partial charge is 0.463 e. The van der Waals surface area contributed by atoms with E-state index in [0.717, 1.165) is 0 Å². The van der Waals surface area contributed by atoms with E-state index in [1.807, 2.05) is 13.0 Å². The summed E-state index contributed by atoms with van der Waals surface area (Å²) in [5.41, 5.74) is -1.45. The Kier molecular flexibility index (Phi) is 6.54. The highest BCUT2D eigenvalue weighted by Gasteiger charge is 2.57. The van der Waals surface area contributed by atoms with Gasteiger partial charge in [0.2, 0.25) is 11.5 Å². The molecule has 11 heteroatoms. The third-order valence-electron chi connectivity index (χ3n) is 5.05. The molecule has 3 rings (SSSR count). The summed E-state index contributed by atoms with van der Waals surface area (Å²) in [6.45, 7) is 4.87. The van der Waals surface area contributed by atoms with Gasteiger partial charge in [0.1, 0.15) is 42.8 Å². The van der Waals surface area contributed by atoms with Crippen molar-refractivity contribution in [2.24, 2.45) is 5.92 Å². The highest BCUT2D eigenvalue weighted by Crippen LogP contribution is 2.40. The Balaban J connectivity index is 1.93. The van der Waals surface area contributed by atoms with Gasteiger partial charge in [0, 0.05) is 6.42 Å². The lowest BCUT2D eigenvalue weighted by atomic mass is 9.92. The summed E-state index contributed by atoms with van der Waals surface area (Å²) in [6.07, 6.45) is -2.05. The molecule has 0 spiro atoms. The molecule has 2 aromatic rings. The molecule has 1 fully saturated rings. The number of anilines is 1. The van der Waals surface area contributed by atoms with Crippen LogP contribution >= 0.6 is 0 Å². The number of esters is 1. The first kappa shape index (κ1) is 22.6. The molecule has 11 nitrogen and oxygen atoms in total. The number of fused-ring (bicyclic) bond motifs is 1. The molecule has 1 saturated heterocycles. The predicted molar refractivity (Wildman–Crippen MR) is 106 cm³/mol. The van der Waals surface area contributed by atoms with Crippen LogP contribution in [-0.2, 0) is 24.7 Å². The van der Waals surface area contributed by atoms with Gasteiger partial charge in [-0.2, -0.15) is 10.4 Å². The van der Waals surface area contributed by atoms with Crippen LogP contribution in [0.25, 0.3) is 5.52 Å². The lowest BCUT2D eigenvalue weighted by molar-refractivity contribution is -0.154. The Hall–Kier alpha value is -3.07. The number of hydrogen-bond acceptors (Lipinski definition) is 9. The van der Waals surface area contributed by atoms with Crippen molar-refractivity contribution in [3.05, 3.63) is 24.2 Å². The lowest BCUT2D eigenvalue weighted by Gasteiger charge is -2.24. The lowest BCUT2D eigenvalue weighted by Crippen LogP contribution is -2.41. The van der Waals surface area contributed by atoms with Crippen molar-refractivity contribution < 1.29 is 29.3 Å². The number of nitrogens with zero attached hydrogens (tertiary/aromatic N) is 4. The van der Waals surface area contributed by atoms with Crippen molar-refractivity contribution in [2.45, 2.75) is 57.5 Å². The zero-order valence-electron chi connectivity index (χ0n) is 17.5. The molecule has 0 aromatic carbocycles. The smallest absolute Gasteiger partial charge is 0.308 e. The van der Waals surface area contributed by atoms with E-state index >= 15 is 0 Å². The van der Waals surface area contributed by atoms with Crippen molar-refractivity contribution in [1.82, 2.24) is 14.6 Å². The molecule has 166 valence electrons. The zero-order valence-corrected chi connectivity index (χ0v) is 17.5. The predicted octanol–water partition coefficient (Wildman–Crippen LogP) is 0.507. The van der Waals surface area contributed by atoms with Gasteiger partial charge in [-0.3, -0.25) is 9.59 Å². The third-order valence-corrected chi connectivity index (χ3v) is 5.05. The van der Waals surface area contributed by atoms with Gasteiger partial charge in [-0.05, 0) is 18.6 Å². The van der Waals surface area contributed by atoms with Crippen LogP contribution in [0.4, 0.5) is 5.82 Å². The molecular weight excluding hydrogens is 406 g/mol. The Morgan fingerprint density at radius 1 is 1.42 bits per heavy atom.